The molecule has 78 valence electrons. The fourth-order valence-electron chi connectivity index (χ4n) is 3.27. The van der Waals surface area contributed by atoms with E-state index < -0.39 is 0 Å². The maximum Gasteiger partial charge on any atom is 0.0842 e. The molecule has 0 bridgehead atoms. The number of H-pyrrole nitrogens is 1. The lowest BCUT2D eigenvalue weighted by molar-refractivity contribution is 0.321. The van der Waals surface area contributed by atoms with Crippen molar-refractivity contribution in [1.29, 1.82) is 5.26 Å². The highest BCUT2D eigenvalue weighted by molar-refractivity contribution is 5.49. The topological polar surface area (TPSA) is 39.6 Å². The van der Waals surface area contributed by atoms with E-state index in [9.17, 15) is 5.26 Å². The quantitative estimate of drug-likeness (QED) is 0.744. The Morgan fingerprint density at radius 2 is 2.07 bits per heavy atom. The Morgan fingerprint density at radius 3 is 2.67 bits per heavy atom. The summed E-state index contributed by atoms with van der Waals surface area (Å²) in [6.45, 7) is 2.13. The minimum absolute atomic E-state index is 0.126. The van der Waals surface area contributed by atoms with Crippen LogP contribution in [0.15, 0.2) is 0 Å². The van der Waals surface area contributed by atoms with Gasteiger partial charge in [0.25, 0.3) is 0 Å². The van der Waals surface area contributed by atoms with Gasteiger partial charge in [0.05, 0.1) is 11.5 Å². The summed E-state index contributed by atoms with van der Waals surface area (Å²) >= 11 is 0. The molecule has 15 heavy (non-hydrogen) atoms. The van der Waals surface area contributed by atoms with Crippen LogP contribution in [-0.2, 0) is 18.3 Å². The summed E-state index contributed by atoms with van der Waals surface area (Å²) in [4.78, 5) is 3.48. The lowest BCUT2D eigenvalue weighted by Crippen LogP contribution is -2.33. The highest BCUT2D eigenvalue weighted by Crippen LogP contribution is 2.47. The Hall–Kier alpha value is -1.23. The molecule has 0 aromatic carbocycles. The first-order valence-electron chi connectivity index (χ1n) is 5.89. The number of rotatable bonds is 1. The van der Waals surface area contributed by atoms with E-state index in [4.69, 9.17) is 0 Å². The van der Waals surface area contributed by atoms with Crippen LogP contribution in [-0.4, -0.2) is 4.98 Å². The standard InChI is InChI=1S/C13H16N2/c1-9-12(13(8-14)6-3-7-13)10-4-2-5-11(10)15-9/h15H,2-7H2,1H3. The Bertz CT molecular complexity index is 444. The minimum atomic E-state index is -0.126. The molecule has 1 heterocycles. The Balaban J connectivity index is 2.15. The van der Waals surface area contributed by atoms with Crippen molar-refractivity contribution in [3.05, 3.63) is 22.5 Å². The van der Waals surface area contributed by atoms with Gasteiger partial charge in [-0.3, -0.25) is 0 Å². The zero-order chi connectivity index (χ0) is 10.5. The molecule has 0 spiro atoms. The number of hydrogen-bond donors (Lipinski definition) is 1. The number of aromatic amines is 1. The average molecular weight is 200 g/mol. The molecule has 0 aliphatic heterocycles. The number of nitrogens with zero attached hydrogens (tertiary/aromatic N) is 1. The zero-order valence-electron chi connectivity index (χ0n) is 9.19. The molecule has 2 nitrogen and oxygen atoms in total. The molecule has 2 aliphatic rings. The van der Waals surface area contributed by atoms with Gasteiger partial charge in [-0.25, -0.2) is 0 Å². The van der Waals surface area contributed by atoms with Crippen molar-refractivity contribution in [2.45, 2.75) is 50.9 Å². The number of aryl methyl sites for hydroxylation is 2. The first-order valence-corrected chi connectivity index (χ1v) is 5.89. The van der Waals surface area contributed by atoms with E-state index in [-0.39, 0.29) is 5.41 Å². The molecule has 0 amide bonds. The van der Waals surface area contributed by atoms with Crippen molar-refractivity contribution in [3.8, 4) is 6.07 Å². The fraction of sp³-hybridized carbons (Fsp3) is 0.615. The second-order valence-corrected chi connectivity index (χ2v) is 4.98. The van der Waals surface area contributed by atoms with Crippen LogP contribution in [0.5, 0.6) is 0 Å². The first kappa shape index (κ1) is 9.03. The maximum absolute atomic E-state index is 9.40. The fourth-order valence-corrected chi connectivity index (χ4v) is 3.27. The predicted molar refractivity (Wildman–Crippen MR) is 58.7 cm³/mol. The Labute approximate surface area is 90.3 Å². The van der Waals surface area contributed by atoms with E-state index in [0.717, 1.165) is 12.8 Å². The van der Waals surface area contributed by atoms with Gasteiger partial charge in [0.2, 0.25) is 0 Å². The summed E-state index contributed by atoms with van der Waals surface area (Å²) < 4.78 is 0. The van der Waals surface area contributed by atoms with Crippen molar-refractivity contribution in [1.82, 2.24) is 4.98 Å². The smallest absolute Gasteiger partial charge is 0.0842 e. The van der Waals surface area contributed by atoms with E-state index in [0.29, 0.717) is 0 Å². The lowest BCUT2D eigenvalue weighted by atomic mass is 9.64. The molecule has 0 atom stereocenters. The molecular formula is C13H16N2. The highest BCUT2D eigenvalue weighted by Gasteiger charge is 2.43. The van der Waals surface area contributed by atoms with Crippen LogP contribution >= 0.6 is 0 Å². The molecule has 1 aromatic rings. The van der Waals surface area contributed by atoms with Crippen molar-refractivity contribution in [2.75, 3.05) is 0 Å². The third-order valence-corrected chi connectivity index (χ3v) is 4.13. The molecule has 0 saturated heterocycles. The summed E-state index contributed by atoms with van der Waals surface area (Å²) in [6.07, 6.45) is 6.96. The Kier molecular flexibility index (Phi) is 1.74. The van der Waals surface area contributed by atoms with Gasteiger partial charge < -0.3 is 4.98 Å². The molecule has 1 N–H and O–H groups in total. The first-order chi connectivity index (χ1) is 7.27. The van der Waals surface area contributed by atoms with Gasteiger partial charge in [0.15, 0.2) is 0 Å². The van der Waals surface area contributed by atoms with Gasteiger partial charge >= 0.3 is 0 Å². The number of fused-ring (bicyclic) bond motifs is 1. The van der Waals surface area contributed by atoms with E-state index in [2.05, 4.69) is 18.0 Å². The van der Waals surface area contributed by atoms with Crippen LogP contribution in [0, 0.1) is 18.3 Å². The maximum atomic E-state index is 9.40. The van der Waals surface area contributed by atoms with E-state index in [1.807, 2.05) is 0 Å². The summed E-state index contributed by atoms with van der Waals surface area (Å²) in [6, 6.07) is 2.57. The molecule has 1 fully saturated rings. The highest BCUT2D eigenvalue weighted by atomic mass is 14.8. The molecule has 1 aromatic heterocycles. The third kappa shape index (κ3) is 1.04. The van der Waals surface area contributed by atoms with Crippen molar-refractivity contribution >= 4 is 0 Å². The number of nitriles is 1. The largest absolute Gasteiger partial charge is 0.362 e. The van der Waals surface area contributed by atoms with E-state index >= 15 is 0 Å². The van der Waals surface area contributed by atoms with Crippen molar-refractivity contribution < 1.29 is 0 Å². The lowest BCUT2D eigenvalue weighted by Gasteiger charge is -2.36. The molecule has 2 heteroatoms. The summed E-state index contributed by atoms with van der Waals surface area (Å²) in [5.74, 6) is 0. The van der Waals surface area contributed by atoms with Crippen molar-refractivity contribution in [2.24, 2.45) is 0 Å². The van der Waals surface area contributed by atoms with E-state index in [1.165, 1.54) is 48.2 Å². The zero-order valence-corrected chi connectivity index (χ0v) is 9.19. The molecule has 3 rings (SSSR count). The van der Waals surface area contributed by atoms with Crippen LogP contribution in [0.2, 0.25) is 0 Å². The van der Waals surface area contributed by atoms with Gasteiger partial charge in [-0.15, -0.1) is 0 Å². The van der Waals surface area contributed by atoms with E-state index in [1.54, 1.807) is 0 Å². The second-order valence-electron chi connectivity index (χ2n) is 4.98. The monoisotopic (exact) mass is 200 g/mol. The van der Waals surface area contributed by atoms with Gasteiger partial charge in [0, 0.05) is 11.4 Å². The van der Waals surface area contributed by atoms with Crippen LogP contribution in [0.25, 0.3) is 0 Å². The predicted octanol–water partition coefficient (Wildman–Crippen LogP) is 2.76. The minimum Gasteiger partial charge on any atom is -0.362 e. The van der Waals surface area contributed by atoms with Crippen LogP contribution in [0.3, 0.4) is 0 Å². The number of hydrogen-bond acceptors (Lipinski definition) is 1. The summed E-state index contributed by atoms with van der Waals surface area (Å²) in [7, 11) is 0. The Morgan fingerprint density at radius 1 is 1.27 bits per heavy atom. The third-order valence-electron chi connectivity index (χ3n) is 4.13. The SMILES string of the molecule is Cc1[nH]c2c(c1C1(C#N)CCC1)CCC2. The van der Waals surface area contributed by atoms with Gasteiger partial charge in [-0.05, 0) is 56.6 Å². The van der Waals surface area contributed by atoms with Crippen LogP contribution in [0.4, 0.5) is 0 Å². The van der Waals surface area contributed by atoms with Crippen LogP contribution < -0.4 is 0 Å². The number of nitrogens with one attached hydrogen (secondary N) is 1. The second kappa shape index (κ2) is 2.88. The molecule has 0 unspecified atom stereocenters. The molecule has 2 aliphatic carbocycles. The molecule has 1 saturated carbocycles. The van der Waals surface area contributed by atoms with Crippen LogP contribution in [0.1, 0.15) is 48.2 Å². The molecular weight excluding hydrogens is 184 g/mol. The normalized spacial score (nSPS) is 21.9. The van der Waals surface area contributed by atoms with Gasteiger partial charge in [-0.1, -0.05) is 0 Å². The summed E-state index contributed by atoms with van der Waals surface area (Å²) in [5, 5.41) is 9.40. The summed E-state index contributed by atoms with van der Waals surface area (Å²) in [5.41, 5.74) is 5.38. The average Bonchev–Trinajstić information content (AvgIpc) is 2.67. The van der Waals surface area contributed by atoms with Gasteiger partial charge in [0.1, 0.15) is 0 Å². The van der Waals surface area contributed by atoms with Crippen molar-refractivity contribution in [3.63, 3.8) is 0 Å². The molecule has 0 radical (unpaired) electrons. The number of aromatic nitrogens is 1. The van der Waals surface area contributed by atoms with Gasteiger partial charge in [-0.2, -0.15) is 5.26 Å².